The summed E-state index contributed by atoms with van der Waals surface area (Å²) in [5.41, 5.74) is 16.8. The van der Waals surface area contributed by atoms with Crippen LogP contribution in [0.2, 0.25) is 0 Å². The minimum absolute atomic E-state index is 1.15. The molecular formula is C54H36N2. The van der Waals surface area contributed by atoms with Gasteiger partial charge in [0.1, 0.15) is 0 Å². The number of para-hydroxylation sites is 2. The minimum Gasteiger partial charge on any atom is -0.309 e. The van der Waals surface area contributed by atoms with Gasteiger partial charge in [0, 0.05) is 32.9 Å². The predicted molar refractivity (Wildman–Crippen MR) is 237 cm³/mol. The van der Waals surface area contributed by atoms with Crippen LogP contribution in [0.3, 0.4) is 0 Å². The van der Waals surface area contributed by atoms with Crippen molar-refractivity contribution in [3.8, 4) is 55.9 Å². The fourth-order valence-electron chi connectivity index (χ4n) is 8.59. The van der Waals surface area contributed by atoms with Gasteiger partial charge in [0.05, 0.1) is 22.1 Å². The molecule has 0 saturated carbocycles. The standard InChI is InChI=1S/C54H36N2/c1-4-12-37(13-5-1)39-20-22-40(23-21-39)41-24-29-46(30-25-41)56-51-19-11-10-18-47(51)48-31-26-44(36-54(48)56)43-28-33-53-50(35-43)49-34-42(38-14-6-2-7-15-38)27-32-52(49)55(53)45-16-8-3-9-17-45/h1-36H. The molecule has 0 unspecified atom stereocenters. The Bertz CT molecular complexity index is 3190. The van der Waals surface area contributed by atoms with Gasteiger partial charge in [-0.3, -0.25) is 0 Å². The zero-order chi connectivity index (χ0) is 37.0. The van der Waals surface area contributed by atoms with E-state index in [2.05, 4.69) is 228 Å². The number of hydrogen-bond donors (Lipinski definition) is 0. The van der Waals surface area contributed by atoms with Gasteiger partial charge in [-0.15, -0.1) is 0 Å². The Morgan fingerprint density at radius 1 is 0.196 bits per heavy atom. The largest absolute Gasteiger partial charge is 0.309 e. The van der Waals surface area contributed by atoms with Gasteiger partial charge in [-0.05, 0) is 105 Å². The van der Waals surface area contributed by atoms with Crippen LogP contribution in [0.25, 0.3) is 99.5 Å². The number of nitrogens with zero attached hydrogens (tertiary/aromatic N) is 2. The summed E-state index contributed by atoms with van der Waals surface area (Å²) < 4.78 is 4.81. The molecule has 56 heavy (non-hydrogen) atoms. The van der Waals surface area contributed by atoms with Gasteiger partial charge in [-0.2, -0.15) is 0 Å². The Hall–Kier alpha value is -7.42. The Kier molecular flexibility index (Phi) is 7.53. The van der Waals surface area contributed by atoms with Crippen molar-refractivity contribution in [3.05, 3.63) is 218 Å². The summed E-state index contributed by atoms with van der Waals surface area (Å²) in [6.07, 6.45) is 0. The Balaban J connectivity index is 1.03. The highest BCUT2D eigenvalue weighted by molar-refractivity contribution is 6.13. The monoisotopic (exact) mass is 712 g/mol. The highest BCUT2D eigenvalue weighted by Crippen LogP contribution is 2.39. The molecule has 11 rings (SSSR count). The van der Waals surface area contributed by atoms with E-state index in [4.69, 9.17) is 0 Å². The summed E-state index contributed by atoms with van der Waals surface area (Å²) in [6.45, 7) is 0. The van der Waals surface area contributed by atoms with E-state index >= 15 is 0 Å². The van der Waals surface area contributed by atoms with E-state index in [0.29, 0.717) is 0 Å². The van der Waals surface area contributed by atoms with Crippen molar-refractivity contribution in [2.45, 2.75) is 0 Å². The molecule has 0 saturated heterocycles. The second-order valence-corrected chi connectivity index (χ2v) is 14.6. The van der Waals surface area contributed by atoms with E-state index in [1.165, 1.54) is 88.1 Å². The lowest BCUT2D eigenvalue weighted by atomic mass is 9.99. The number of hydrogen-bond acceptors (Lipinski definition) is 0. The maximum absolute atomic E-state index is 2.42. The van der Waals surface area contributed by atoms with Crippen LogP contribution in [0.4, 0.5) is 0 Å². The molecule has 2 heteroatoms. The highest BCUT2D eigenvalue weighted by Gasteiger charge is 2.17. The van der Waals surface area contributed by atoms with Crippen molar-refractivity contribution in [3.63, 3.8) is 0 Å². The van der Waals surface area contributed by atoms with Crippen LogP contribution in [-0.2, 0) is 0 Å². The number of aromatic nitrogens is 2. The smallest absolute Gasteiger partial charge is 0.0547 e. The summed E-state index contributed by atoms with van der Waals surface area (Å²) in [5, 5.41) is 4.99. The first-order valence-corrected chi connectivity index (χ1v) is 19.3. The number of benzene rings is 9. The third-order valence-electron chi connectivity index (χ3n) is 11.3. The average Bonchev–Trinajstić information content (AvgIpc) is 3.79. The van der Waals surface area contributed by atoms with Crippen LogP contribution < -0.4 is 0 Å². The predicted octanol–water partition coefficient (Wildman–Crippen LogP) is 14.5. The van der Waals surface area contributed by atoms with Crippen LogP contribution in [-0.4, -0.2) is 9.13 Å². The summed E-state index contributed by atoms with van der Waals surface area (Å²) >= 11 is 0. The molecule has 0 N–H and O–H groups in total. The van der Waals surface area contributed by atoms with Crippen molar-refractivity contribution in [1.82, 2.24) is 9.13 Å². The molecule has 2 heterocycles. The van der Waals surface area contributed by atoms with Crippen LogP contribution in [0, 0.1) is 0 Å². The third-order valence-corrected chi connectivity index (χ3v) is 11.3. The molecule has 0 amide bonds. The molecule has 0 spiro atoms. The molecular weight excluding hydrogens is 677 g/mol. The maximum atomic E-state index is 2.42. The lowest BCUT2D eigenvalue weighted by Gasteiger charge is -2.11. The first-order valence-electron chi connectivity index (χ1n) is 19.3. The maximum Gasteiger partial charge on any atom is 0.0547 e. The molecule has 0 aliphatic carbocycles. The molecule has 0 atom stereocenters. The molecule has 9 aromatic carbocycles. The topological polar surface area (TPSA) is 9.86 Å². The summed E-state index contributed by atoms with van der Waals surface area (Å²) in [4.78, 5) is 0. The van der Waals surface area contributed by atoms with E-state index in [1.54, 1.807) is 0 Å². The summed E-state index contributed by atoms with van der Waals surface area (Å²) in [6, 6.07) is 79.4. The molecule has 0 radical (unpaired) electrons. The lowest BCUT2D eigenvalue weighted by molar-refractivity contribution is 1.18. The van der Waals surface area contributed by atoms with E-state index in [-0.39, 0.29) is 0 Å². The first kappa shape index (κ1) is 32.0. The second-order valence-electron chi connectivity index (χ2n) is 14.6. The van der Waals surface area contributed by atoms with E-state index < -0.39 is 0 Å². The van der Waals surface area contributed by atoms with Crippen molar-refractivity contribution in [1.29, 1.82) is 0 Å². The normalized spacial score (nSPS) is 11.6. The fourth-order valence-corrected chi connectivity index (χ4v) is 8.59. The SMILES string of the molecule is c1ccc(-c2ccc(-c3ccc(-n4c5ccccc5c5ccc(-c6ccc7c(c6)c6cc(-c8ccccc8)ccc6n7-c6ccccc6)cc54)cc3)cc2)cc1. The van der Waals surface area contributed by atoms with Gasteiger partial charge in [0.15, 0.2) is 0 Å². The minimum atomic E-state index is 1.15. The average molecular weight is 713 g/mol. The Morgan fingerprint density at radius 2 is 0.554 bits per heavy atom. The Labute approximate surface area is 325 Å². The molecule has 0 aliphatic rings. The second kappa shape index (κ2) is 13.2. The van der Waals surface area contributed by atoms with Crippen molar-refractivity contribution in [2.75, 3.05) is 0 Å². The number of fused-ring (bicyclic) bond motifs is 6. The van der Waals surface area contributed by atoms with Crippen LogP contribution >= 0.6 is 0 Å². The van der Waals surface area contributed by atoms with Gasteiger partial charge in [0.2, 0.25) is 0 Å². The first-order chi connectivity index (χ1) is 27.8. The third kappa shape index (κ3) is 5.34. The van der Waals surface area contributed by atoms with Crippen molar-refractivity contribution < 1.29 is 0 Å². The highest BCUT2D eigenvalue weighted by atomic mass is 15.0. The van der Waals surface area contributed by atoms with Gasteiger partial charge >= 0.3 is 0 Å². The molecule has 262 valence electrons. The van der Waals surface area contributed by atoms with E-state index in [1.807, 2.05) is 0 Å². The quantitative estimate of drug-likeness (QED) is 0.162. The van der Waals surface area contributed by atoms with Crippen LogP contribution in [0.5, 0.6) is 0 Å². The van der Waals surface area contributed by atoms with E-state index in [0.717, 1.165) is 11.4 Å². The summed E-state index contributed by atoms with van der Waals surface area (Å²) in [5.74, 6) is 0. The van der Waals surface area contributed by atoms with E-state index in [9.17, 15) is 0 Å². The molecule has 2 aromatic heterocycles. The van der Waals surface area contributed by atoms with Crippen LogP contribution in [0.1, 0.15) is 0 Å². The fraction of sp³-hybridized carbons (Fsp3) is 0. The Morgan fingerprint density at radius 3 is 1.16 bits per heavy atom. The lowest BCUT2D eigenvalue weighted by Crippen LogP contribution is -1.94. The molecule has 0 aliphatic heterocycles. The molecule has 11 aromatic rings. The zero-order valence-electron chi connectivity index (χ0n) is 30.7. The molecule has 0 fully saturated rings. The van der Waals surface area contributed by atoms with Gasteiger partial charge < -0.3 is 9.13 Å². The van der Waals surface area contributed by atoms with Crippen molar-refractivity contribution >= 4 is 43.6 Å². The molecule has 2 nitrogen and oxygen atoms in total. The number of rotatable bonds is 6. The van der Waals surface area contributed by atoms with Gasteiger partial charge in [-0.1, -0.05) is 158 Å². The van der Waals surface area contributed by atoms with Crippen molar-refractivity contribution in [2.24, 2.45) is 0 Å². The van der Waals surface area contributed by atoms with Gasteiger partial charge in [0.25, 0.3) is 0 Å². The zero-order valence-corrected chi connectivity index (χ0v) is 30.7. The van der Waals surface area contributed by atoms with Gasteiger partial charge in [-0.25, -0.2) is 0 Å². The molecule has 0 bridgehead atoms. The van der Waals surface area contributed by atoms with Crippen LogP contribution in [0.15, 0.2) is 218 Å². The summed E-state index contributed by atoms with van der Waals surface area (Å²) in [7, 11) is 0.